The smallest absolute Gasteiger partial charge is 0.411 e. The third-order valence-electron chi connectivity index (χ3n) is 4.03. The zero-order valence-electron chi connectivity index (χ0n) is 15.0. The summed E-state index contributed by atoms with van der Waals surface area (Å²) in [4.78, 5) is 14.5. The average molecular weight is 331 g/mol. The number of hydrogen-bond donors (Lipinski definition) is 0. The minimum Gasteiger partial charge on any atom is -0.454 e. The van der Waals surface area contributed by atoms with Crippen LogP contribution in [0.1, 0.15) is 51.8 Å². The van der Waals surface area contributed by atoms with E-state index in [2.05, 4.69) is 6.08 Å². The molecule has 5 nitrogen and oxygen atoms in total. The molecule has 24 heavy (non-hydrogen) atoms. The van der Waals surface area contributed by atoms with Crippen LogP contribution in [0.25, 0.3) is 0 Å². The lowest BCUT2D eigenvalue weighted by Gasteiger charge is -2.37. The van der Waals surface area contributed by atoms with Gasteiger partial charge in [0.2, 0.25) is 6.79 Å². The van der Waals surface area contributed by atoms with Crippen LogP contribution in [0.4, 0.5) is 4.79 Å². The molecule has 0 aromatic heterocycles. The first-order chi connectivity index (χ1) is 11.2. The Bertz CT molecular complexity index is 683. The largest absolute Gasteiger partial charge is 0.454 e. The van der Waals surface area contributed by atoms with Crippen LogP contribution in [0, 0.1) is 0 Å². The number of nitrogens with zero attached hydrogens (tertiary/aromatic N) is 1. The highest BCUT2D eigenvalue weighted by Gasteiger charge is 2.34. The first kappa shape index (κ1) is 16.7. The number of fused-ring (bicyclic) bond motifs is 2. The average Bonchev–Trinajstić information content (AvgIpc) is 2.90. The quantitative estimate of drug-likeness (QED) is 0.723. The Balaban J connectivity index is 1.98. The zero-order valence-corrected chi connectivity index (χ0v) is 15.0. The maximum absolute atomic E-state index is 12.7. The number of carbonyl (C=O) groups excluding carboxylic acids is 1. The molecule has 0 bridgehead atoms. The van der Waals surface area contributed by atoms with Gasteiger partial charge >= 0.3 is 6.09 Å². The number of rotatable bonds is 1. The summed E-state index contributed by atoms with van der Waals surface area (Å²) in [6.45, 7) is 10.6. The molecule has 1 aromatic carbocycles. The molecule has 0 fully saturated rings. The summed E-state index contributed by atoms with van der Waals surface area (Å²) in [5, 5.41) is 0. The predicted molar refractivity (Wildman–Crippen MR) is 91.4 cm³/mol. The first-order valence-corrected chi connectivity index (χ1v) is 8.31. The molecule has 0 saturated heterocycles. The number of benzene rings is 1. The monoisotopic (exact) mass is 331 g/mol. The van der Waals surface area contributed by atoms with Gasteiger partial charge in [-0.25, -0.2) is 4.79 Å². The standard InChI is InChI=1S/C19H25NO4/c1-12(2)8-15-14-10-17-16(22-11-23-17)9-13(14)6-7-20(15)18(21)24-19(3,4)5/h8-10,15H,6-7,11H2,1-5H3. The van der Waals surface area contributed by atoms with Crippen LogP contribution in [-0.4, -0.2) is 29.9 Å². The van der Waals surface area contributed by atoms with Crippen molar-refractivity contribution in [3.8, 4) is 11.5 Å². The topological polar surface area (TPSA) is 48.0 Å². The van der Waals surface area contributed by atoms with Gasteiger partial charge < -0.3 is 14.2 Å². The van der Waals surface area contributed by atoms with Crippen molar-refractivity contribution >= 4 is 6.09 Å². The highest BCUT2D eigenvalue weighted by molar-refractivity contribution is 5.70. The van der Waals surface area contributed by atoms with Gasteiger partial charge in [0.15, 0.2) is 11.5 Å². The molecular weight excluding hydrogens is 306 g/mol. The van der Waals surface area contributed by atoms with Gasteiger partial charge in [-0.1, -0.05) is 11.6 Å². The molecule has 1 atom stereocenters. The maximum atomic E-state index is 12.7. The van der Waals surface area contributed by atoms with Gasteiger partial charge in [-0.2, -0.15) is 0 Å². The predicted octanol–water partition coefficient (Wildman–Crippen LogP) is 4.22. The lowest BCUT2D eigenvalue weighted by atomic mass is 9.91. The van der Waals surface area contributed by atoms with Gasteiger partial charge in [0.1, 0.15) is 5.60 Å². The Kier molecular flexibility index (Phi) is 4.20. The Morgan fingerprint density at radius 3 is 2.54 bits per heavy atom. The minimum atomic E-state index is -0.512. The van der Waals surface area contributed by atoms with E-state index >= 15 is 0 Å². The van der Waals surface area contributed by atoms with Crippen molar-refractivity contribution in [2.45, 2.75) is 52.7 Å². The summed E-state index contributed by atoms with van der Waals surface area (Å²) in [5.74, 6) is 1.53. The maximum Gasteiger partial charge on any atom is 0.411 e. The summed E-state index contributed by atoms with van der Waals surface area (Å²) in [6, 6.07) is 3.89. The second kappa shape index (κ2) is 6.04. The van der Waals surface area contributed by atoms with E-state index in [9.17, 15) is 4.79 Å². The molecule has 3 rings (SSSR count). The van der Waals surface area contributed by atoms with Crippen LogP contribution in [-0.2, 0) is 11.2 Å². The van der Waals surface area contributed by atoms with Gasteiger partial charge in [0.05, 0.1) is 6.04 Å². The number of hydrogen-bond acceptors (Lipinski definition) is 4. The highest BCUT2D eigenvalue weighted by atomic mass is 16.7. The third kappa shape index (κ3) is 3.35. The summed E-state index contributed by atoms with van der Waals surface area (Å²) in [6.07, 6.45) is 2.59. The van der Waals surface area contributed by atoms with Gasteiger partial charge in [0, 0.05) is 6.54 Å². The van der Waals surface area contributed by atoms with Crippen molar-refractivity contribution in [3.63, 3.8) is 0 Å². The van der Waals surface area contributed by atoms with E-state index in [4.69, 9.17) is 14.2 Å². The summed E-state index contributed by atoms with van der Waals surface area (Å²) in [7, 11) is 0. The van der Waals surface area contributed by atoms with E-state index in [-0.39, 0.29) is 18.9 Å². The normalized spacial score (nSPS) is 18.9. The molecule has 5 heteroatoms. The van der Waals surface area contributed by atoms with E-state index in [1.54, 1.807) is 4.90 Å². The molecule has 0 saturated carbocycles. The lowest BCUT2D eigenvalue weighted by Crippen LogP contribution is -2.42. The Hall–Kier alpha value is -2.17. The zero-order chi connectivity index (χ0) is 17.5. The first-order valence-electron chi connectivity index (χ1n) is 8.31. The van der Waals surface area contributed by atoms with Crippen LogP contribution in [0.15, 0.2) is 23.8 Å². The molecule has 1 aromatic rings. The fourth-order valence-corrected chi connectivity index (χ4v) is 3.06. The van der Waals surface area contributed by atoms with E-state index in [0.717, 1.165) is 29.1 Å². The Labute approximate surface area is 143 Å². The molecule has 0 radical (unpaired) electrons. The molecule has 0 spiro atoms. The Morgan fingerprint density at radius 2 is 1.92 bits per heavy atom. The second-order valence-corrected chi connectivity index (χ2v) is 7.52. The summed E-state index contributed by atoms with van der Waals surface area (Å²) >= 11 is 0. The van der Waals surface area contributed by atoms with Crippen LogP contribution in [0.2, 0.25) is 0 Å². The van der Waals surface area contributed by atoms with Crippen molar-refractivity contribution in [1.29, 1.82) is 0 Å². The van der Waals surface area contributed by atoms with E-state index < -0.39 is 5.60 Å². The Morgan fingerprint density at radius 1 is 1.25 bits per heavy atom. The van der Waals surface area contributed by atoms with Crippen molar-refractivity contribution in [1.82, 2.24) is 4.90 Å². The number of allylic oxidation sites excluding steroid dienone is 1. The van der Waals surface area contributed by atoms with Crippen molar-refractivity contribution in [3.05, 3.63) is 34.9 Å². The lowest BCUT2D eigenvalue weighted by molar-refractivity contribution is 0.0184. The van der Waals surface area contributed by atoms with Crippen LogP contribution >= 0.6 is 0 Å². The summed E-state index contributed by atoms with van der Waals surface area (Å²) in [5.41, 5.74) is 2.92. The van der Waals surface area contributed by atoms with Gasteiger partial charge in [-0.15, -0.1) is 0 Å². The van der Waals surface area contributed by atoms with Crippen molar-refractivity contribution in [2.24, 2.45) is 0 Å². The third-order valence-corrected chi connectivity index (χ3v) is 4.03. The van der Waals surface area contributed by atoms with Gasteiger partial charge in [-0.3, -0.25) is 4.90 Å². The summed E-state index contributed by atoms with van der Waals surface area (Å²) < 4.78 is 16.6. The fourth-order valence-electron chi connectivity index (χ4n) is 3.06. The molecule has 2 heterocycles. The van der Waals surface area contributed by atoms with E-state index in [0.29, 0.717) is 6.54 Å². The number of amides is 1. The molecule has 1 unspecified atom stereocenters. The van der Waals surface area contributed by atoms with Crippen LogP contribution in [0.5, 0.6) is 11.5 Å². The SMILES string of the molecule is CC(C)=CC1c2cc3c(cc2CCN1C(=O)OC(C)(C)C)OCO3. The van der Waals surface area contributed by atoms with Crippen LogP contribution < -0.4 is 9.47 Å². The highest BCUT2D eigenvalue weighted by Crippen LogP contribution is 2.41. The van der Waals surface area contributed by atoms with Crippen LogP contribution in [0.3, 0.4) is 0 Å². The molecular formula is C19H25NO4. The van der Waals surface area contributed by atoms with E-state index in [1.165, 1.54) is 5.56 Å². The molecule has 1 amide bonds. The molecule has 130 valence electrons. The molecule has 2 aliphatic rings. The fraction of sp³-hybridized carbons (Fsp3) is 0.526. The number of carbonyl (C=O) groups is 1. The van der Waals surface area contributed by atoms with E-state index in [1.807, 2.05) is 46.8 Å². The molecule has 0 N–H and O–H groups in total. The van der Waals surface area contributed by atoms with Crippen molar-refractivity contribution in [2.75, 3.05) is 13.3 Å². The van der Waals surface area contributed by atoms with Gasteiger partial charge in [-0.05, 0) is 64.3 Å². The number of ether oxygens (including phenoxy) is 3. The molecule has 2 aliphatic heterocycles. The van der Waals surface area contributed by atoms with Crippen molar-refractivity contribution < 1.29 is 19.0 Å². The molecule has 0 aliphatic carbocycles. The minimum absolute atomic E-state index is 0.150. The second-order valence-electron chi connectivity index (χ2n) is 7.52. The van der Waals surface area contributed by atoms with Gasteiger partial charge in [0.25, 0.3) is 0 Å².